The highest BCUT2D eigenvalue weighted by molar-refractivity contribution is 5.76. The molecule has 0 radical (unpaired) electrons. The Morgan fingerprint density at radius 3 is 1.35 bits per heavy atom. The second kappa shape index (κ2) is 12.9. The summed E-state index contributed by atoms with van der Waals surface area (Å²) in [4.78, 5) is 22.2. The molecule has 0 aliphatic heterocycles. The molecule has 0 aromatic heterocycles. The van der Waals surface area contributed by atoms with E-state index in [1.807, 2.05) is 12.1 Å². The second-order valence-electron chi connectivity index (χ2n) is 10.7. The maximum absolute atomic E-state index is 11.1. The van der Waals surface area contributed by atoms with Crippen LogP contribution in [0, 0.1) is 18.8 Å². The lowest BCUT2D eigenvalue weighted by Crippen LogP contribution is -2.15. The first-order chi connectivity index (χ1) is 16.3. The van der Waals surface area contributed by atoms with Gasteiger partial charge in [-0.05, 0) is 119 Å². The van der Waals surface area contributed by atoms with Crippen molar-refractivity contribution >= 4 is 11.6 Å². The van der Waals surface area contributed by atoms with Gasteiger partial charge in [-0.15, -0.1) is 0 Å². The van der Waals surface area contributed by atoms with E-state index in [0.717, 1.165) is 31.6 Å². The van der Waals surface area contributed by atoms with Crippen LogP contribution in [0.1, 0.15) is 107 Å². The highest BCUT2D eigenvalue weighted by Crippen LogP contribution is 2.38. The van der Waals surface area contributed by atoms with Gasteiger partial charge in [0.25, 0.3) is 0 Å². The zero-order valence-corrected chi connectivity index (χ0v) is 21.3. The lowest BCUT2D eigenvalue weighted by molar-refractivity contribution is -0.119. The molecule has 0 atom stereocenters. The lowest BCUT2D eigenvalue weighted by atomic mass is 9.77. The Labute approximate surface area is 206 Å². The van der Waals surface area contributed by atoms with Crippen LogP contribution in [0.5, 0.6) is 5.75 Å². The first-order valence-electron chi connectivity index (χ1n) is 13.1. The number of aromatic hydroxyl groups is 1. The zero-order valence-electron chi connectivity index (χ0n) is 21.3. The summed E-state index contributed by atoms with van der Waals surface area (Å²) >= 11 is 0. The molecule has 34 heavy (non-hydrogen) atoms. The van der Waals surface area contributed by atoms with Crippen molar-refractivity contribution in [3.63, 3.8) is 0 Å². The van der Waals surface area contributed by atoms with Crippen LogP contribution in [-0.4, -0.2) is 16.7 Å². The van der Waals surface area contributed by atoms with Crippen LogP contribution in [0.25, 0.3) is 0 Å². The molecule has 2 fully saturated rings. The van der Waals surface area contributed by atoms with Gasteiger partial charge in [-0.1, -0.05) is 42.0 Å². The van der Waals surface area contributed by atoms with Crippen LogP contribution >= 0.6 is 0 Å². The minimum Gasteiger partial charge on any atom is -0.508 e. The molecule has 0 heterocycles. The Balaban J connectivity index is 0.000000191. The van der Waals surface area contributed by atoms with E-state index in [0.29, 0.717) is 35.1 Å². The fraction of sp³-hybridized carbons (Fsp3) is 0.548. The Bertz CT molecular complexity index is 819. The summed E-state index contributed by atoms with van der Waals surface area (Å²) in [5.41, 5.74) is 4.14. The summed E-state index contributed by atoms with van der Waals surface area (Å²) in [6.45, 7) is 5.53. The average molecular weight is 463 g/mol. The monoisotopic (exact) mass is 462 g/mol. The quantitative estimate of drug-likeness (QED) is 0.475. The molecule has 0 unspecified atom stereocenters. The van der Waals surface area contributed by atoms with Gasteiger partial charge in [0.15, 0.2) is 0 Å². The molecule has 1 N–H and O–H groups in total. The summed E-state index contributed by atoms with van der Waals surface area (Å²) in [6.07, 6.45) is 11.1. The third-order valence-corrected chi connectivity index (χ3v) is 7.76. The Kier molecular flexibility index (Phi) is 9.92. The molecular formula is C31H42O3. The van der Waals surface area contributed by atoms with Gasteiger partial charge < -0.3 is 14.7 Å². The lowest BCUT2D eigenvalue weighted by Gasteiger charge is -2.28. The molecule has 0 amide bonds. The molecule has 0 saturated heterocycles. The second-order valence-corrected chi connectivity index (χ2v) is 10.7. The van der Waals surface area contributed by atoms with E-state index in [2.05, 4.69) is 31.2 Å². The van der Waals surface area contributed by atoms with E-state index >= 15 is 0 Å². The minimum absolute atomic E-state index is 0.318. The molecule has 3 heteroatoms. The third-order valence-electron chi connectivity index (χ3n) is 7.76. The first-order valence-corrected chi connectivity index (χ1v) is 13.1. The number of carbonyl (C=O) groups is 2. The van der Waals surface area contributed by atoms with Crippen LogP contribution in [0.3, 0.4) is 0 Å². The highest BCUT2D eigenvalue weighted by atomic mass is 16.3. The summed E-state index contributed by atoms with van der Waals surface area (Å²) in [6, 6.07) is 16.5. The van der Waals surface area contributed by atoms with Crippen molar-refractivity contribution in [2.75, 3.05) is 0 Å². The van der Waals surface area contributed by atoms with Crippen molar-refractivity contribution in [1.29, 1.82) is 0 Å². The summed E-state index contributed by atoms with van der Waals surface area (Å²) in [5, 5.41) is 9.26. The van der Waals surface area contributed by atoms with Gasteiger partial charge >= 0.3 is 0 Å². The Morgan fingerprint density at radius 2 is 1.00 bits per heavy atom. The van der Waals surface area contributed by atoms with E-state index in [-0.39, 0.29) is 0 Å². The molecule has 2 aliphatic rings. The predicted molar refractivity (Wildman–Crippen MR) is 139 cm³/mol. The van der Waals surface area contributed by atoms with Gasteiger partial charge in [-0.25, -0.2) is 0 Å². The highest BCUT2D eigenvalue weighted by Gasteiger charge is 2.24. The maximum atomic E-state index is 11.1. The Morgan fingerprint density at radius 1 is 0.647 bits per heavy atom. The number of hydrogen-bond donors (Lipinski definition) is 1. The number of phenolic OH excluding ortho intramolecular Hbond substituents is 1. The molecule has 2 aromatic carbocycles. The van der Waals surface area contributed by atoms with Crippen molar-refractivity contribution in [3.8, 4) is 5.75 Å². The van der Waals surface area contributed by atoms with Crippen molar-refractivity contribution in [2.24, 2.45) is 11.8 Å². The van der Waals surface area contributed by atoms with E-state index < -0.39 is 0 Å². The van der Waals surface area contributed by atoms with Crippen LogP contribution in [0.4, 0.5) is 0 Å². The van der Waals surface area contributed by atoms with E-state index in [4.69, 9.17) is 0 Å². The number of carbonyl (C=O) groups excluding carboxylic acids is 2. The molecule has 184 valence electrons. The van der Waals surface area contributed by atoms with Crippen molar-refractivity contribution in [1.82, 2.24) is 0 Å². The van der Waals surface area contributed by atoms with Crippen LogP contribution < -0.4 is 0 Å². The fourth-order valence-corrected chi connectivity index (χ4v) is 5.80. The van der Waals surface area contributed by atoms with Crippen molar-refractivity contribution in [2.45, 2.75) is 96.8 Å². The van der Waals surface area contributed by atoms with Crippen LogP contribution in [0.15, 0.2) is 48.5 Å². The van der Waals surface area contributed by atoms with Gasteiger partial charge in [0.1, 0.15) is 17.3 Å². The number of aryl methyl sites for hydroxylation is 1. The maximum Gasteiger partial charge on any atom is 0.130 e. The van der Waals surface area contributed by atoms with Gasteiger partial charge in [-0.2, -0.15) is 0 Å². The van der Waals surface area contributed by atoms with Gasteiger partial charge in [0.05, 0.1) is 0 Å². The molecule has 2 aliphatic carbocycles. The molecule has 2 aromatic rings. The summed E-state index contributed by atoms with van der Waals surface area (Å²) in [5.74, 6) is 3.58. The smallest absolute Gasteiger partial charge is 0.130 e. The molecule has 0 spiro atoms. The Hall–Kier alpha value is -2.42. The SMILES string of the molecule is CC(=O)CC1CCC(c2ccc(C)cc2)CC1.CC(=O)CC1CCC(c2ccc(O)cc2)CC1. The van der Waals surface area contributed by atoms with Crippen molar-refractivity contribution in [3.05, 3.63) is 65.2 Å². The molecule has 2 saturated carbocycles. The summed E-state index contributed by atoms with van der Waals surface area (Å²) < 4.78 is 0. The number of Topliss-reactive ketones (excluding diaryl/α,β-unsaturated/α-hetero) is 2. The number of phenols is 1. The molecular weight excluding hydrogens is 420 g/mol. The molecule has 0 bridgehead atoms. The van der Waals surface area contributed by atoms with Crippen molar-refractivity contribution < 1.29 is 14.7 Å². The summed E-state index contributed by atoms with van der Waals surface area (Å²) in [7, 11) is 0. The number of hydrogen-bond acceptors (Lipinski definition) is 3. The molecule has 3 nitrogen and oxygen atoms in total. The van der Waals surface area contributed by atoms with Gasteiger partial charge in [0, 0.05) is 12.8 Å². The number of benzene rings is 2. The van der Waals surface area contributed by atoms with E-state index in [1.165, 1.54) is 55.2 Å². The minimum atomic E-state index is 0.318. The van der Waals surface area contributed by atoms with Crippen LogP contribution in [-0.2, 0) is 9.59 Å². The fourth-order valence-electron chi connectivity index (χ4n) is 5.80. The number of rotatable bonds is 6. The van der Waals surface area contributed by atoms with E-state index in [1.54, 1.807) is 26.0 Å². The predicted octanol–water partition coefficient (Wildman–Crippen LogP) is 7.89. The number of ketones is 2. The topological polar surface area (TPSA) is 54.4 Å². The molecule has 4 rings (SSSR count). The normalized spacial score (nSPS) is 24.6. The third kappa shape index (κ3) is 8.42. The average Bonchev–Trinajstić information content (AvgIpc) is 2.81. The van der Waals surface area contributed by atoms with Gasteiger partial charge in [0.2, 0.25) is 0 Å². The largest absolute Gasteiger partial charge is 0.508 e. The van der Waals surface area contributed by atoms with Crippen LogP contribution in [0.2, 0.25) is 0 Å². The first kappa shape index (κ1) is 26.2. The standard InChI is InChI=1S/C16H22O.C15H20O2/c1-12-3-7-15(8-4-12)16-9-5-14(6-10-16)11-13(2)17;1-11(16)10-12-2-4-13(5-3-12)14-6-8-15(17)9-7-14/h3-4,7-8,14,16H,5-6,9-11H2,1-2H3;6-9,12-13,17H,2-5,10H2,1H3. The van der Waals surface area contributed by atoms with E-state index in [9.17, 15) is 14.7 Å². The zero-order chi connectivity index (χ0) is 24.5. The van der Waals surface area contributed by atoms with Gasteiger partial charge in [-0.3, -0.25) is 0 Å².